The Morgan fingerprint density at radius 3 is 2.34 bits per heavy atom. The number of hydrogen-bond donors (Lipinski definition) is 2. The first-order valence-electron chi connectivity index (χ1n) is 9.83. The molecule has 2 amide bonds. The Balaban J connectivity index is 1.98. The SMILES string of the molecule is CCCOc1ccc(CNC(=O)CC(NC(C)=O)c2ccc(OC)cc2)c(C)c1. The zero-order valence-electron chi connectivity index (χ0n) is 17.6. The summed E-state index contributed by atoms with van der Waals surface area (Å²) in [4.78, 5) is 24.1. The van der Waals surface area contributed by atoms with Crippen LogP contribution in [0.25, 0.3) is 0 Å². The fourth-order valence-electron chi connectivity index (χ4n) is 2.96. The van der Waals surface area contributed by atoms with Crippen LogP contribution in [-0.4, -0.2) is 25.5 Å². The van der Waals surface area contributed by atoms with Crippen LogP contribution in [0.1, 0.15) is 49.4 Å². The minimum atomic E-state index is -0.399. The van der Waals surface area contributed by atoms with Gasteiger partial charge in [0.05, 0.1) is 26.2 Å². The van der Waals surface area contributed by atoms with Crippen molar-refractivity contribution < 1.29 is 19.1 Å². The molecule has 0 radical (unpaired) electrons. The number of benzene rings is 2. The van der Waals surface area contributed by atoms with Crippen LogP contribution in [0.3, 0.4) is 0 Å². The summed E-state index contributed by atoms with van der Waals surface area (Å²) in [6, 6.07) is 12.8. The van der Waals surface area contributed by atoms with Gasteiger partial charge in [-0.2, -0.15) is 0 Å². The van der Waals surface area contributed by atoms with Gasteiger partial charge in [0, 0.05) is 13.5 Å². The zero-order valence-corrected chi connectivity index (χ0v) is 17.6. The number of aryl methyl sites for hydroxylation is 1. The topological polar surface area (TPSA) is 76.7 Å². The van der Waals surface area contributed by atoms with Gasteiger partial charge in [-0.3, -0.25) is 9.59 Å². The van der Waals surface area contributed by atoms with E-state index in [0.29, 0.717) is 13.2 Å². The summed E-state index contributed by atoms with van der Waals surface area (Å²) in [7, 11) is 1.60. The molecule has 2 rings (SSSR count). The molecule has 2 N–H and O–H groups in total. The van der Waals surface area contributed by atoms with E-state index in [-0.39, 0.29) is 18.2 Å². The first-order valence-corrected chi connectivity index (χ1v) is 9.83. The molecule has 0 saturated heterocycles. The van der Waals surface area contributed by atoms with Crippen LogP contribution < -0.4 is 20.1 Å². The average molecular weight is 399 g/mol. The van der Waals surface area contributed by atoms with Gasteiger partial charge in [0.1, 0.15) is 11.5 Å². The van der Waals surface area contributed by atoms with Gasteiger partial charge >= 0.3 is 0 Å². The molecule has 0 aliphatic rings. The highest BCUT2D eigenvalue weighted by molar-refractivity contribution is 5.79. The Hall–Kier alpha value is -3.02. The molecule has 6 nitrogen and oxygen atoms in total. The van der Waals surface area contributed by atoms with Crippen molar-refractivity contribution >= 4 is 11.8 Å². The van der Waals surface area contributed by atoms with Crippen LogP contribution in [0.15, 0.2) is 42.5 Å². The molecule has 0 aliphatic carbocycles. The minimum Gasteiger partial charge on any atom is -0.497 e. The monoisotopic (exact) mass is 398 g/mol. The quantitative estimate of drug-likeness (QED) is 0.640. The highest BCUT2D eigenvalue weighted by atomic mass is 16.5. The smallest absolute Gasteiger partial charge is 0.222 e. The number of carbonyl (C=O) groups excluding carboxylic acids is 2. The van der Waals surface area contributed by atoms with Gasteiger partial charge in [0.15, 0.2) is 0 Å². The Morgan fingerprint density at radius 2 is 1.76 bits per heavy atom. The minimum absolute atomic E-state index is 0.134. The van der Waals surface area contributed by atoms with Crippen LogP contribution in [0, 0.1) is 6.92 Å². The maximum absolute atomic E-state index is 12.5. The van der Waals surface area contributed by atoms with E-state index in [4.69, 9.17) is 9.47 Å². The Labute approximate surface area is 172 Å². The molecule has 2 aromatic rings. The van der Waals surface area contributed by atoms with Crippen molar-refractivity contribution in [1.29, 1.82) is 0 Å². The Bertz CT molecular complexity index is 818. The first kappa shape index (κ1) is 22.3. The molecule has 0 bridgehead atoms. The molecule has 156 valence electrons. The lowest BCUT2D eigenvalue weighted by Crippen LogP contribution is -2.32. The molecule has 0 aromatic heterocycles. The predicted molar refractivity (Wildman–Crippen MR) is 113 cm³/mol. The number of hydrogen-bond acceptors (Lipinski definition) is 4. The molecule has 0 spiro atoms. The summed E-state index contributed by atoms with van der Waals surface area (Å²) >= 11 is 0. The second kappa shape index (κ2) is 11.1. The summed E-state index contributed by atoms with van der Waals surface area (Å²) in [6.07, 6.45) is 1.11. The fourth-order valence-corrected chi connectivity index (χ4v) is 2.96. The van der Waals surface area contributed by atoms with Gasteiger partial charge < -0.3 is 20.1 Å². The third kappa shape index (κ3) is 7.14. The van der Waals surface area contributed by atoms with Crippen LogP contribution >= 0.6 is 0 Å². The highest BCUT2D eigenvalue weighted by Crippen LogP contribution is 2.21. The molecule has 6 heteroatoms. The number of ether oxygens (including phenoxy) is 2. The van der Waals surface area contributed by atoms with Crippen molar-refractivity contribution in [3.63, 3.8) is 0 Å². The molecule has 2 aromatic carbocycles. The summed E-state index contributed by atoms with van der Waals surface area (Å²) in [5.41, 5.74) is 2.94. The van der Waals surface area contributed by atoms with E-state index < -0.39 is 6.04 Å². The van der Waals surface area contributed by atoms with Crippen LogP contribution in [0.5, 0.6) is 11.5 Å². The number of methoxy groups -OCH3 is 1. The van der Waals surface area contributed by atoms with E-state index in [0.717, 1.165) is 34.6 Å². The normalized spacial score (nSPS) is 11.4. The molecule has 1 unspecified atom stereocenters. The summed E-state index contributed by atoms with van der Waals surface area (Å²) in [6.45, 7) is 6.62. The third-order valence-electron chi connectivity index (χ3n) is 4.55. The largest absolute Gasteiger partial charge is 0.497 e. The summed E-state index contributed by atoms with van der Waals surface area (Å²) in [5, 5.41) is 5.79. The van der Waals surface area contributed by atoms with Crippen LogP contribution in [0.2, 0.25) is 0 Å². The van der Waals surface area contributed by atoms with Crippen molar-refractivity contribution in [2.45, 2.75) is 46.2 Å². The summed E-state index contributed by atoms with van der Waals surface area (Å²) < 4.78 is 10.8. The van der Waals surface area contributed by atoms with Crippen molar-refractivity contribution in [2.24, 2.45) is 0 Å². The van der Waals surface area contributed by atoms with Crippen molar-refractivity contribution in [1.82, 2.24) is 10.6 Å². The number of amides is 2. The lowest BCUT2D eigenvalue weighted by molar-refractivity contribution is -0.122. The fraction of sp³-hybridized carbons (Fsp3) is 0.391. The molecule has 0 fully saturated rings. The van der Waals surface area contributed by atoms with E-state index in [1.54, 1.807) is 7.11 Å². The van der Waals surface area contributed by atoms with Gasteiger partial charge in [-0.1, -0.05) is 25.1 Å². The van der Waals surface area contributed by atoms with Gasteiger partial charge in [-0.15, -0.1) is 0 Å². The van der Waals surface area contributed by atoms with Crippen LogP contribution in [0.4, 0.5) is 0 Å². The molecular formula is C23H30N2O4. The highest BCUT2D eigenvalue weighted by Gasteiger charge is 2.17. The van der Waals surface area contributed by atoms with Crippen molar-refractivity contribution in [2.75, 3.05) is 13.7 Å². The van der Waals surface area contributed by atoms with Crippen molar-refractivity contribution in [3.05, 3.63) is 59.2 Å². The summed E-state index contributed by atoms with van der Waals surface area (Å²) in [5.74, 6) is 1.24. The average Bonchev–Trinajstić information content (AvgIpc) is 2.70. The second-order valence-corrected chi connectivity index (χ2v) is 6.94. The molecule has 0 aliphatic heterocycles. The molecule has 0 saturated carbocycles. The maximum atomic E-state index is 12.5. The van der Waals surface area contributed by atoms with E-state index in [1.807, 2.05) is 49.4 Å². The van der Waals surface area contributed by atoms with E-state index in [1.165, 1.54) is 6.92 Å². The van der Waals surface area contributed by atoms with Crippen molar-refractivity contribution in [3.8, 4) is 11.5 Å². The van der Waals surface area contributed by atoms with Gasteiger partial charge in [-0.05, 0) is 54.3 Å². The molecule has 1 atom stereocenters. The van der Waals surface area contributed by atoms with E-state index in [2.05, 4.69) is 17.6 Å². The third-order valence-corrected chi connectivity index (χ3v) is 4.55. The lowest BCUT2D eigenvalue weighted by atomic mass is 10.0. The van der Waals surface area contributed by atoms with Crippen LogP contribution in [-0.2, 0) is 16.1 Å². The molecular weight excluding hydrogens is 368 g/mol. The van der Waals surface area contributed by atoms with Gasteiger partial charge in [0.25, 0.3) is 0 Å². The predicted octanol–water partition coefficient (Wildman–Crippen LogP) is 3.68. The standard InChI is InChI=1S/C23H30N2O4/c1-5-12-29-21-11-8-19(16(2)13-21)15-24-23(27)14-22(25-17(3)26)18-6-9-20(28-4)10-7-18/h6-11,13,22H,5,12,14-15H2,1-4H3,(H,24,27)(H,25,26). The van der Waals surface area contributed by atoms with Gasteiger partial charge in [-0.25, -0.2) is 0 Å². The number of carbonyl (C=O) groups is 2. The Kier molecular flexibility index (Phi) is 8.52. The zero-order chi connectivity index (χ0) is 21.2. The number of nitrogens with one attached hydrogen (secondary N) is 2. The number of rotatable bonds is 10. The molecule has 0 heterocycles. The van der Waals surface area contributed by atoms with Gasteiger partial charge in [0.2, 0.25) is 11.8 Å². The molecule has 29 heavy (non-hydrogen) atoms. The first-order chi connectivity index (χ1) is 13.9. The van der Waals surface area contributed by atoms with E-state index >= 15 is 0 Å². The Morgan fingerprint density at radius 1 is 1.07 bits per heavy atom. The lowest BCUT2D eigenvalue weighted by Gasteiger charge is -2.19. The van der Waals surface area contributed by atoms with E-state index in [9.17, 15) is 9.59 Å². The maximum Gasteiger partial charge on any atom is 0.222 e. The second-order valence-electron chi connectivity index (χ2n) is 6.94.